The highest BCUT2D eigenvalue weighted by Gasteiger charge is 2.26. The molecule has 94 valence electrons. The summed E-state index contributed by atoms with van der Waals surface area (Å²) in [6, 6.07) is 8.45. The fourth-order valence-electron chi connectivity index (χ4n) is 2.50. The van der Waals surface area contributed by atoms with Crippen molar-refractivity contribution >= 4 is 11.7 Å². The highest BCUT2D eigenvalue weighted by atomic mass is 32.1. The molecular formula is C13H16N4S. The Bertz CT molecular complexity index is 507. The molecule has 1 saturated carbocycles. The maximum absolute atomic E-state index is 5.71. The van der Waals surface area contributed by atoms with E-state index in [-0.39, 0.29) is 6.04 Å². The minimum Gasteiger partial charge on any atom is -0.271 e. The van der Waals surface area contributed by atoms with Gasteiger partial charge in [-0.05, 0) is 29.9 Å². The van der Waals surface area contributed by atoms with Crippen molar-refractivity contribution in [3.63, 3.8) is 0 Å². The van der Waals surface area contributed by atoms with Crippen LogP contribution in [-0.4, -0.2) is 8.75 Å². The number of nitrogens with one attached hydrogen (secondary N) is 1. The standard InChI is InChI=1S/C13H16N4S/c14-16-13(12-8-15-18-17-12)11-7-2-1-6-10(11)9-4-3-5-9/h1-2,6-9,13,16H,3-5,14H2. The van der Waals surface area contributed by atoms with E-state index >= 15 is 0 Å². The molecule has 5 heteroatoms. The van der Waals surface area contributed by atoms with Crippen molar-refractivity contribution < 1.29 is 0 Å². The summed E-state index contributed by atoms with van der Waals surface area (Å²) in [4.78, 5) is 0. The van der Waals surface area contributed by atoms with Gasteiger partial charge < -0.3 is 0 Å². The summed E-state index contributed by atoms with van der Waals surface area (Å²) in [6.45, 7) is 0. The number of hydrogen-bond acceptors (Lipinski definition) is 5. The van der Waals surface area contributed by atoms with E-state index in [1.807, 2.05) is 0 Å². The van der Waals surface area contributed by atoms with Crippen LogP contribution in [0.15, 0.2) is 30.5 Å². The van der Waals surface area contributed by atoms with Gasteiger partial charge in [-0.2, -0.15) is 8.75 Å². The number of benzene rings is 1. The van der Waals surface area contributed by atoms with E-state index in [9.17, 15) is 0 Å². The molecule has 2 aromatic rings. The van der Waals surface area contributed by atoms with Gasteiger partial charge in [0.1, 0.15) is 0 Å². The van der Waals surface area contributed by atoms with Crippen molar-refractivity contribution in [3.05, 3.63) is 47.3 Å². The van der Waals surface area contributed by atoms with Crippen LogP contribution in [0.1, 0.15) is 48.0 Å². The van der Waals surface area contributed by atoms with Crippen molar-refractivity contribution in [1.29, 1.82) is 0 Å². The SMILES string of the molecule is NNC(c1cnsn1)c1ccccc1C1CCC1. The summed E-state index contributed by atoms with van der Waals surface area (Å²) in [6.07, 6.45) is 5.68. The second-order valence-electron chi connectivity index (χ2n) is 4.69. The smallest absolute Gasteiger partial charge is 0.0970 e. The van der Waals surface area contributed by atoms with Crippen molar-refractivity contribution in [2.24, 2.45) is 5.84 Å². The van der Waals surface area contributed by atoms with Gasteiger partial charge in [0.05, 0.1) is 29.7 Å². The highest BCUT2D eigenvalue weighted by molar-refractivity contribution is 6.99. The lowest BCUT2D eigenvalue weighted by atomic mass is 9.77. The van der Waals surface area contributed by atoms with E-state index in [1.54, 1.807) is 6.20 Å². The molecule has 1 aliphatic rings. The Morgan fingerprint density at radius 1 is 1.33 bits per heavy atom. The van der Waals surface area contributed by atoms with Gasteiger partial charge in [0.15, 0.2) is 0 Å². The molecule has 1 heterocycles. The number of rotatable bonds is 4. The Morgan fingerprint density at radius 2 is 2.17 bits per heavy atom. The fourth-order valence-corrected chi connectivity index (χ4v) is 2.95. The molecule has 0 radical (unpaired) electrons. The topological polar surface area (TPSA) is 63.8 Å². The average Bonchev–Trinajstić information content (AvgIpc) is 2.84. The van der Waals surface area contributed by atoms with Gasteiger partial charge in [-0.1, -0.05) is 30.7 Å². The average molecular weight is 260 g/mol. The zero-order valence-corrected chi connectivity index (χ0v) is 10.9. The van der Waals surface area contributed by atoms with Gasteiger partial charge in [-0.3, -0.25) is 5.84 Å². The molecule has 1 fully saturated rings. The quantitative estimate of drug-likeness (QED) is 0.654. The second kappa shape index (κ2) is 5.14. The number of nitrogens with zero attached hydrogens (tertiary/aromatic N) is 2. The van der Waals surface area contributed by atoms with E-state index in [0.29, 0.717) is 5.92 Å². The zero-order valence-electron chi connectivity index (χ0n) is 10.0. The van der Waals surface area contributed by atoms with Gasteiger partial charge in [0.25, 0.3) is 0 Å². The van der Waals surface area contributed by atoms with Gasteiger partial charge in [-0.25, -0.2) is 5.43 Å². The largest absolute Gasteiger partial charge is 0.271 e. The summed E-state index contributed by atoms with van der Waals surface area (Å²) >= 11 is 1.22. The summed E-state index contributed by atoms with van der Waals surface area (Å²) in [5.74, 6) is 6.40. The van der Waals surface area contributed by atoms with Crippen molar-refractivity contribution in [2.45, 2.75) is 31.2 Å². The van der Waals surface area contributed by atoms with Crippen molar-refractivity contribution in [3.8, 4) is 0 Å². The Kier molecular flexibility index (Phi) is 3.36. The molecule has 4 nitrogen and oxygen atoms in total. The van der Waals surface area contributed by atoms with Gasteiger partial charge >= 0.3 is 0 Å². The third-order valence-corrected chi connectivity index (χ3v) is 4.18. The number of hydrogen-bond donors (Lipinski definition) is 2. The summed E-state index contributed by atoms with van der Waals surface area (Å²) in [5, 5.41) is 0. The molecule has 1 aliphatic carbocycles. The van der Waals surface area contributed by atoms with Crippen LogP contribution in [-0.2, 0) is 0 Å². The Hall–Kier alpha value is -1.30. The highest BCUT2D eigenvalue weighted by Crippen LogP contribution is 2.40. The molecule has 0 amide bonds. The Labute approximate surface area is 111 Å². The Morgan fingerprint density at radius 3 is 2.78 bits per heavy atom. The fraction of sp³-hybridized carbons (Fsp3) is 0.385. The van der Waals surface area contributed by atoms with Gasteiger partial charge in [-0.15, -0.1) is 0 Å². The maximum atomic E-state index is 5.71. The number of nitrogens with two attached hydrogens (primary N) is 1. The molecule has 0 saturated heterocycles. The zero-order chi connectivity index (χ0) is 12.4. The minimum absolute atomic E-state index is 0.0550. The first-order chi connectivity index (χ1) is 8.90. The van der Waals surface area contributed by atoms with Crippen LogP contribution in [0.25, 0.3) is 0 Å². The van der Waals surface area contributed by atoms with Crippen molar-refractivity contribution in [1.82, 2.24) is 14.2 Å². The van der Waals surface area contributed by atoms with Gasteiger partial charge in [0.2, 0.25) is 0 Å². The third kappa shape index (κ3) is 2.05. The van der Waals surface area contributed by atoms with Crippen LogP contribution in [0.5, 0.6) is 0 Å². The third-order valence-electron chi connectivity index (χ3n) is 3.69. The van der Waals surface area contributed by atoms with Crippen molar-refractivity contribution in [2.75, 3.05) is 0 Å². The first-order valence-electron chi connectivity index (χ1n) is 6.22. The number of aromatic nitrogens is 2. The lowest BCUT2D eigenvalue weighted by Crippen LogP contribution is -2.30. The molecule has 18 heavy (non-hydrogen) atoms. The van der Waals surface area contributed by atoms with Crippen LogP contribution in [0.4, 0.5) is 0 Å². The van der Waals surface area contributed by atoms with E-state index in [0.717, 1.165) is 5.69 Å². The van der Waals surface area contributed by atoms with E-state index in [2.05, 4.69) is 38.4 Å². The maximum Gasteiger partial charge on any atom is 0.0970 e. The molecule has 1 unspecified atom stereocenters. The molecule has 0 aliphatic heterocycles. The molecule has 0 spiro atoms. The lowest BCUT2D eigenvalue weighted by molar-refractivity contribution is 0.414. The Balaban J connectivity index is 1.99. The van der Waals surface area contributed by atoms with Crippen LogP contribution in [0.3, 0.4) is 0 Å². The predicted octanol–water partition coefficient (Wildman–Crippen LogP) is 2.36. The second-order valence-corrected chi connectivity index (χ2v) is 5.25. The van der Waals surface area contributed by atoms with Crippen LogP contribution >= 0.6 is 11.7 Å². The predicted molar refractivity (Wildman–Crippen MR) is 72.1 cm³/mol. The van der Waals surface area contributed by atoms with E-state index in [1.165, 1.54) is 42.1 Å². The molecule has 3 rings (SSSR count). The first-order valence-corrected chi connectivity index (χ1v) is 6.95. The van der Waals surface area contributed by atoms with E-state index in [4.69, 9.17) is 5.84 Å². The molecular weight excluding hydrogens is 244 g/mol. The van der Waals surface area contributed by atoms with Gasteiger partial charge in [0, 0.05) is 0 Å². The summed E-state index contributed by atoms with van der Waals surface area (Å²) in [5.41, 5.74) is 6.40. The molecule has 1 atom stereocenters. The molecule has 1 aromatic heterocycles. The van der Waals surface area contributed by atoms with Crippen LogP contribution in [0, 0.1) is 0 Å². The van der Waals surface area contributed by atoms with E-state index < -0.39 is 0 Å². The molecule has 1 aromatic carbocycles. The summed E-state index contributed by atoms with van der Waals surface area (Å²) < 4.78 is 8.36. The lowest BCUT2D eigenvalue weighted by Gasteiger charge is -2.29. The minimum atomic E-state index is -0.0550. The number of hydrazine groups is 1. The van der Waals surface area contributed by atoms with Crippen LogP contribution in [0.2, 0.25) is 0 Å². The van der Waals surface area contributed by atoms with Crippen LogP contribution < -0.4 is 11.3 Å². The molecule has 3 N–H and O–H groups in total. The normalized spacial score (nSPS) is 17.4. The summed E-state index contributed by atoms with van der Waals surface area (Å²) in [7, 11) is 0. The monoisotopic (exact) mass is 260 g/mol. The molecule has 0 bridgehead atoms. The first kappa shape index (κ1) is 11.8.